The first-order chi connectivity index (χ1) is 7.24. The van der Waals surface area contributed by atoms with Crippen molar-refractivity contribution in [1.82, 2.24) is 0 Å². The number of carbonyl (C=O) groups is 1. The van der Waals surface area contributed by atoms with E-state index >= 15 is 0 Å². The molecule has 0 spiro atoms. The predicted octanol–water partition coefficient (Wildman–Crippen LogP) is 1.21. The van der Waals surface area contributed by atoms with Crippen LogP contribution in [0.3, 0.4) is 0 Å². The Kier molecular flexibility index (Phi) is 2.60. The van der Waals surface area contributed by atoms with Gasteiger partial charge in [0, 0.05) is 5.92 Å². The number of benzene rings is 1. The van der Waals surface area contributed by atoms with Crippen molar-refractivity contribution in [2.75, 3.05) is 13.2 Å². The van der Waals surface area contributed by atoms with E-state index in [9.17, 15) is 4.79 Å². The molecule has 0 radical (unpaired) electrons. The van der Waals surface area contributed by atoms with Crippen LogP contribution in [0.5, 0.6) is 5.75 Å². The third kappa shape index (κ3) is 1.68. The number of hydrogen-bond acceptors (Lipinski definition) is 3. The van der Waals surface area contributed by atoms with Gasteiger partial charge in [-0.3, -0.25) is 0 Å². The molecule has 0 saturated carbocycles. The van der Waals surface area contributed by atoms with Crippen LogP contribution in [0, 0.1) is 0 Å². The fourth-order valence-electron chi connectivity index (χ4n) is 1.91. The minimum atomic E-state index is -0.954. The van der Waals surface area contributed by atoms with Crippen LogP contribution < -0.4 is 10.5 Å². The maximum Gasteiger partial charge on any atom is 0.339 e. The Bertz CT molecular complexity index is 389. The van der Waals surface area contributed by atoms with E-state index in [1.165, 1.54) is 0 Å². The minimum absolute atomic E-state index is 0.216. The van der Waals surface area contributed by atoms with E-state index in [0.717, 1.165) is 12.0 Å². The molecule has 4 nitrogen and oxygen atoms in total. The van der Waals surface area contributed by atoms with Crippen molar-refractivity contribution >= 4 is 5.97 Å². The van der Waals surface area contributed by atoms with Gasteiger partial charge in [-0.25, -0.2) is 4.79 Å². The van der Waals surface area contributed by atoms with Gasteiger partial charge in [-0.15, -0.1) is 0 Å². The first-order valence-electron chi connectivity index (χ1n) is 4.93. The number of carboxylic acids is 1. The summed E-state index contributed by atoms with van der Waals surface area (Å²) in [5.41, 5.74) is 6.79. The van der Waals surface area contributed by atoms with Gasteiger partial charge in [0.25, 0.3) is 0 Å². The molecule has 1 atom stereocenters. The Morgan fingerprint density at radius 2 is 2.40 bits per heavy atom. The van der Waals surface area contributed by atoms with Crippen molar-refractivity contribution in [3.05, 3.63) is 29.3 Å². The molecule has 1 aliphatic rings. The highest BCUT2D eigenvalue weighted by Gasteiger charge is 2.24. The quantitative estimate of drug-likeness (QED) is 0.764. The van der Waals surface area contributed by atoms with Gasteiger partial charge < -0.3 is 15.6 Å². The summed E-state index contributed by atoms with van der Waals surface area (Å²) in [6.07, 6.45) is 0.854. The molecule has 3 N–H and O–H groups in total. The molecule has 4 heteroatoms. The number of fused-ring (bicyclic) bond motifs is 1. The monoisotopic (exact) mass is 207 g/mol. The van der Waals surface area contributed by atoms with Crippen molar-refractivity contribution in [3.8, 4) is 5.75 Å². The number of rotatable bonds is 2. The zero-order valence-electron chi connectivity index (χ0n) is 8.27. The number of aromatic carboxylic acids is 1. The molecule has 80 valence electrons. The first kappa shape index (κ1) is 9.98. The van der Waals surface area contributed by atoms with Crippen molar-refractivity contribution in [3.63, 3.8) is 0 Å². The standard InChI is InChI=1S/C11H13NO3/c12-6-7-4-5-15-10-8(7)2-1-3-9(10)11(13)14/h1-3,7H,4-6,12H2,(H,13,14). The maximum absolute atomic E-state index is 11.0. The zero-order chi connectivity index (χ0) is 10.8. The van der Waals surface area contributed by atoms with Crippen molar-refractivity contribution in [2.24, 2.45) is 5.73 Å². The largest absolute Gasteiger partial charge is 0.492 e. The normalized spacial score (nSPS) is 19.1. The Labute approximate surface area is 87.7 Å². The maximum atomic E-state index is 11.0. The summed E-state index contributed by atoms with van der Waals surface area (Å²) >= 11 is 0. The lowest BCUT2D eigenvalue weighted by Gasteiger charge is -2.25. The first-order valence-corrected chi connectivity index (χ1v) is 4.93. The van der Waals surface area contributed by atoms with Gasteiger partial charge in [0.1, 0.15) is 11.3 Å². The summed E-state index contributed by atoms with van der Waals surface area (Å²) in [5.74, 6) is -0.246. The Hall–Kier alpha value is -1.55. The van der Waals surface area contributed by atoms with Crippen LogP contribution in [-0.2, 0) is 0 Å². The van der Waals surface area contributed by atoms with Gasteiger partial charge >= 0.3 is 5.97 Å². The summed E-state index contributed by atoms with van der Waals surface area (Å²) in [7, 11) is 0. The van der Waals surface area contributed by atoms with Gasteiger partial charge in [-0.05, 0) is 24.6 Å². The third-order valence-electron chi connectivity index (χ3n) is 2.71. The lowest BCUT2D eigenvalue weighted by atomic mass is 9.91. The van der Waals surface area contributed by atoms with Crippen LogP contribution in [0.1, 0.15) is 28.3 Å². The SMILES string of the molecule is NCC1CCOc2c(C(=O)O)cccc21. The Morgan fingerprint density at radius 1 is 1.60 bits per heavy atom. The molecule has 0 aliphatic carbocycles. The second-order valence-electron chi connectivity index (χ2n) is 3.60. The molecule has 2 rings (SSSR count). The van der Waals surface area contributed by atoms with Crippen molar-refractivity contribution in [2.45, 2.75) is 12.3 Å². The van der Waals surface area contributed by atoms with E-state index in [1.807, 2.05) is 6.07 Å². The van der Waals surface area contributed by atoms with Crippen LogP contribution in [0.15, 0.2) is 18.2 Å². The fourth-order valence-corrected chi connectivity index (χ4v) is 1.91. The summed E-state index contributed by atoms with van der Waals surface area (Å²) in [5, 5.41) is 8.99. The van der Waals surface area contributed by atoms with Gasteiger partial charge in [0.2, 0.25) is 0 Å². The molecule has 0 bridgehead atoms. The van der Waals surface area contributed by atoms with E-state index in [0.29, 0.717) is 18.9 Å². The van der Waals surface area contributed by atoms with Crippen molar-refractivity contribution < 1.29 is 14.6 Å². The van der Waals surface area contributed by atoms with Crippen LogP contribution in [0.25, 0.3) is 0 Å². The van der Waals surface area contributed by atoms with Crippen LogP contribution in [0.2, 0.25) is 0 Å². The average Bonchev–Trinajstić information content (AvgIpc) is 2.27. The van der Waals surface area contributed by atoms with E-state index < -0.39 is 5.97 Å². The average molecular weight is 207 g/mol. The molecule has 0 aromatic heterocycles. The second kappa shape index (κ2) is 3.90. The molecule has 0 fully saturated rings. The molecule has 1 aliphatic heterocycles. The molecule has 1 aromatic rings. The Balaban J connectivity index is 2.50. The van der Waals surface area contributed by atoms with E-state index in [4.69, 9.17) is 15.6 Å². The molecular formula is C11H13NO3. The summed E-state index contributed by atoms with van der Waals surface area (Å²) in [6.45, 7) is 1.07. The molecule has 1 aromatic carbocycles. The molecule has 15 heavy (non-hydrogen) atoms. The molecule has 1 heterocycles. The lowest BCUT2D eigenvalue weighted by molar-refractivity contribution is 0.0690. The van der Waals surface area contributed by atoms with Crippen LogP contribution in [0.4, 0.5) is 0 Å². The highest BCUT2D eigenvalue weighted by atomic mass is 16.5. The zero-order valence-corrected chi connectivity index (χ0v) is 8.27. The second-order valence-corrected chi connectivity index (χ2v) is 3.60. The van der Waals surface area contributed by atoms with Gasteiger partial charge in [-0.2, -0.15) is 0 Å². The van der Waals surface area contributed by atoms with E-state index in [1.54, 1.807) is 12.1 Å². The number of hydrogen-bond donors (Lipinski definition) is 2. The molecular weight excluding hydrogens is 194 g/mol. The molecule has 1 unspecified atom stereocenters. The highest BCUT2D eigenvalue weighted by molar-refractivity contribution is 5.91. The predicted molar refractivity (Wildman–Crippen MR) is 55.3 cm³/mol. The number of ether oxygens (including phenoxy) is 1. The fraction of sp³-hybridized carbons (Fsp3) is 0.364. The molecule has 0 saturated heterocycles. The summed E-state index contributed by atoms with van der Waals surface area (Å²) in [6, 6.07) is 5.18. The topological polar surface area (TPSA) is 72.5 Å². The smallest absolute Gasteiger partial charge is 0.339 e. The summed E-state index contributed by atoms with van der Waals surface area (Å²) in [4.78, 5) is 11.0. The van der Waals surface area contributed by atoms with E-state index in [2.05, 4.69) is 0 Å². The minimum Gasteiger partial charge on any atom is -0.492 e. The number of nitrogens with two attached hydrogens (primary N) is 1. The van der Waals surface area contributed by atoms with Gasteiger partial charge in [0.05, 0.1) is 6.61 Å². The molecule has 0 amide bonds. The Morgan fingerprint density at radius 3 is 3.07 bits per heavy atom. The van der Waals surface area contributed by atoms with Crippen LogP contribution in [-0.4, -0.2) is 24.2 Å². The number of carboxylic acid groups (broad SMARTS) is 1. The third-order valence-corrected chi connectivity index (χ3v) is 2.71. The van der Waals surface area contributed by atoms with Crippen LogP contribution >= 0.6 is 0 Å². The highest BCUT2D eigenvalue weighted by Crippen LogP contribution is 2.35. The lowest BCUT2D eigenvalue weighted by Crippen LogP contribution is -2.22. The summed E-state index contributed by atoms with van der Waals surface area (Å²) < 4.78 is 5.41. The van der Waals surface area contributed by atoms with Gasteiger partial charge in [0.15, 0.2) is 0 Å². The number of para-hydroxylation sites is 1. The van der Waals surface area contributed by atoms with Gasteiger partial charge in [-0.1, -0.05) is 12.1 Å². The van der Waals surface area contributed by atoms with E-state index in [-0.39, 0.29) is 11.5 Å². The van der Waals surface area contributed by atoms with Crippen molar-refractivity contribution in [1.29, 1.82) is 0 Å².